The average Bonchev–Trinajstić information content (AvgIpc) is 3.02. The van der Waals surface area contributed by atoms with Crippen LogP contribution in [0.2, 0.25) is 0 Å². The summed E-state index contributed by atoms with van der Waals surface area (Å²) in [6.45, 7) is 5.93. The Kier molecular flexibility index (Phi) is 3.42. The minimum absolute atomic E-state index is 0.195. The molecule has 0 aromatic carbocycles. The molecule has 3 aromatic heterocycles. The highest BCUT2D eigenvalue weighted by Gasteiger charge is 2.12. The highest BCUT2D eigenvalue weighted by atomic mass is 32.1. The normalized spacial score (nSPS) is 11.0. The zero-order valence-corrected chi connectivity index (χ0v) is 12.9. The van der Waals surface area contributed by atoms with Crippen LogP contribution in [-0.4, -0.2) is 25.5 Å². The van der Waals surface area contributed by atoms with Crippen LogP contribution in [0.1, 0.15) is 33.7 Å². The van der Waals surface area contributed by atoms with Crippen LogP contribution < -0.4 is 5.32 Å². The second-order valence-electron chi connectivity index (χ2n) is 4.72. The van der Waals surface area contributed by atoms with Gasteiger partial charge in [0.1, 0.15) is 10.7 Å². The maximum Gasteiger partial charge on any atom is 0.258 e. The molecule has 7 heteroatoms. The van der Waals surface area contributed by atoms with Crippen LogP contribution in [0, 0.1) is 13.8 Å². The highest BCUT2D eigenvalue weighted by Crippen LogP contribution is 2.17. The number of rotatable bonds is 3. The third-order valence-corrected chi connectivity index (χ3v) is 4.05. The summed E-state index contributed by atoms with van der Waals surface area (Å²) in [6.07, 6.45) is 2.68. The molecule has 0 saturated heterocycles. The van der Waals surface area contributed by atoms with Crippen molar-refractivity contribution in [3.63, 3.8) is 0 Å². The number of aryl methyl sites for hydroxylation is 3. The Morgan fingerprint density at radius 1 is 1.33 bits per heavy atom. The van der Waals surface area contributed by atoms with Gasteiger partial charge in [0.25, 0.3) is 5.91 Å². The second-order valence-corrected chi connectivity index (χ2v) is 5.91. The first-order valence-electron chi connectivity index (χ1n) is 6.67. The molecule has 21 heavy (non-hydrogen) atoms. The number of nitrogens with zero attached hydrogens (tertiary/aromatic N) is 4. The lowest BCUT2D eigenvalue weighted by molar-refractivity contribution is 0.102. The van der Waals surface area contributed by atoms with Crippen molar-refractivity contribution in [2.24, 2.45) is 0 Å². The third kappa shape index (κ3) is 2.52. The maximum atomic E-state index is 12.2. The number of nitrogens with one attached hydrogen (secondary N) is 1. The molecule has 0 aliphatic rings. The fraction of sp³-hybridized carbons (Fsp3) is 0.286. The van der Waals surface area contributed by atoms with Gasteiger partial charge in [-0.15, -0.1) is 10.2 Å². The highest BCUT2D eigenvalue weighted by molar-refractivity contribution is 7.15. The molecule has 0 unspecified atom stereocenters. The summed E-state index contributed by atoms with van der Waals surface area (Å²) in [5.41, 5.74) is 3.53. The number of hydrogen-bond donors (Lipinski definition) is 1. The first kappa shape index (κ1) is 13.7. The lowest BCUT2D eigenvalue weighted by Crippen LogP contribution is -2.12. The fourth-order valence-corrected chi connectivity index (χ4v) is 2.78. The number of fused-ring (bicyclic) bond motifs is 1. The Balaban J connectivity index is 1.93. The molecule has 0 spiro atoms. The first-order chi connectivity index (χ1) is 10.1. The zero-order valence-electron chi connectivity index (χ0n) is 12.0. The Hall–Kier alpha value is -2.28. The largest absolute Gasteiger partial charge is 0.303 e. The van der Waals surface area contributed by atoms with Gasteiger partial charge in [0.2, 0.25) is 5.13 Å². The van der Waals surface area contributed by atoms with Crippen LogP contribution in [0.15, 0.2) is 18.3 Å². The quantitative estimate of drug-likeness (QED) is 0.807. The lowest BCUT2D eigenvalue weighted by atomic mass is 10.2. The molecule has 6 nitrogen and oxygen atoms in total. The van der Waals surface area contributed by atoms with E-state index < -0.39 is 0 Å². The van der Waals surface area contributed by atoms with Crippen molar-refractivity contribution in [1.29, 1.82) is 0 Å². The van der Waals surface area contributed by atoms with Crippen molar-refractivity contribution in [3.05, 3.63) is 40.3 Å². The van der Waals surface area contributed by atoms with Crippen LogP contribution in [0.5, 0.6) is 0 Å². The smallest absolute Gasteiger partial charge is 0.258 e. The first-order valence-corrected chi connectivity index (χ1v) is 7.49. The monoisotopic (exact) mass is 301 g/mol. The van der Waals surface area contributed by atoms with Crippen molar-refractivity contribution in [2.45, 2.75) is 27.2 Å². The summed E-state index contributed by atoms with van der Waals surface area (Å²) in [5.74, 6) is -0.195. The van der Waals surface area contributed by atoms with Gasteiger partial charge < -0.3 is 4.40 Å². The van der Waals surface area contributed by atoms with Crippen LogP contribution in [0.25, 0.3) is 5.65 Å². The van der Waals surface area contributed by atoms with E-state index in [2.05, 4.69) is 27.4 Å². The topological polar surface area (TPSA) is 72.2 Å². The maximum absolute atomic E-state index is 12.2. The van der Waals surface area contributed by atoms with Gasteiger partial charge in [-0.3, -0.25) is 10.1 Å². The van der Waals surface area contributed by atoms with Gasteiger partial charge in [0.05, 0.1) is 11.3 Å². The predicted molar refractivity (Wildman–Crippen MR) is 81.9 cm³/mol. The Morgan fingerprint density at radius 2 is 2.14 bits per heavy atom. The van der Waals surface area contributed by atoms with E-state index in [1.807, 2.05) is 24.3 Å². The molecule has 0 aliphatic heterocycles. The molecular formula is C14H15N5OS. The van der Waals surface area contributed by atoms with E-state index in [0.29, 0.717) is 10.7 Å². The number of amides is 1. The number of aromatic nitrogens is 4. The summed E-state index contributed by atoms with van der Waals surface area (Å²) in [4.78, 5) is 16.8. The van der Waals surface area contributed by atoms with E-state index in [4.69, 9.17) is 0 Å². The molecule has 3 aromatic rings. The van der Waals surface area contributed by atoms with Crippen LogP contribution in [0.4, 0.5) is 5.13 Å². The molecule has 1 N–H and O–H groups in total. The SMILES string of the molecule is CCc1nc2ccc(C(=O)Nc3nnc(C)s3)cn2c1C. The van der Waals surface area contributed by atoms with Crippen molar-refractivity contribution in [3.8, 4) is 0 Å². The lowest BCUT2D eigenvalue weighted by Gasteiger charge is -2.03. The van der Waals surface area contributed by atoms with Crippen molar-refractivity contribution >= 4 is 28.0 Å². The van der Waals surface area contributed by atoms with Gasteiger partial charge in [0, 0.05) is 11.9 Å². The number of carbonyl (C=O) groups is 1. The van der Waals surface area contributed by atoms with E-state index in [0.717, 1.165) is 28.5 Å². The standard InChI is InChI=1S/C14H15N5OS/c1-4-11-8(2)19-7-10(5-6-12(19)15-11)13(20)16-14-18-17-9(3)21-14/h5-7H,4H2,1-3H3,(H,16,18,20). The number of pyridine rings is 1. The summed E-state index contributed by atoms with van der Waals surface area (Å²) in [7, 11) is 0. The van der Waals surface area contributed by atoms with Gasteiger partial charge in [-0.05, 0) is 32.4 Å². The van der Waals surface area contributed by atoms with E-state index in [1.165, 1.54) is 11.3 Å². The van der Waals surface area contributed by atoms with Gasteiger partial charge in [-0.2, -0.15) is 0 Å². The van der Waals surface area contributed by atoms with Gasteiger partial charge >= 0.3 is 0 Å². The number of carbonyl (C=O) groups excluding carboxylic acids is 1. The molecule has 108 valence electrons. The molecule has 0 aliphatic carbocycles. The molecule has 3 heterocycles. The van der Waals surface area contributed by atoms with E-state index in [-0.39, 0.29) is 5.91 Å². The van der Waals surface area contributed by atoms with E-state index >= 15 is 0 Å². The minimum Gasteiger partial charge on any atom is -0.303 e. The third-order valence-electron chi connectivity index (χ3n) is 3.30. The predicted octanol–water partition coefficient (Wildman–Crippen LogP) is 2.62. The van der Waals surface area contributed by atoms with Crippen LogP contribution in [-0.2, 0) is 6.42 Å². The number of hydrogen-bond acceptors (Lipinski definition) is 5. The van der Waals surface area contributed by atoms with Crippen LogP contribution in [0.3, 0.4) is 0 Å². The van der Waals surface area contributed by atoms with Gasteiger partial charge in [-0.1, -0.05) is 18.3 Å². The molecule has 3 rings (SSSR count). The van der Waals surface area contributed by atoms with Gasteiger partial charge in [-0.25, -0.2) is 4.98 Å². The summed E-state index contributed by atoms with van der Waals surface area (Å²) < 4.78 is 1.94. The van der Waals surface area contributed by atoms with Crippen molar-refractivity contribution in [2.75, 3.05) is 5.32 Å². The molecule has 1 amide bonds. The molecule has 0 atom stereocenters. The minimum atomic E-state index is -0.195. The fourth-order valence-electron chi connectivity index (χ4n) is 2.20. The average molecular weight is 301 g/mol. The molecule has 0 fully saturated rings. The van der Waals surface area contributed by atoms with E-state index in [9.17, 15) is 4.79 Å². The zero-order chi connectivity index (χ0) is 15.0. The number of anilines is 1. The molecule has 0 bridgehead atoms. The Morgan fingerprint density at radius 3 is 2.81 bits per heavy atom. The van der Waals surface area contributed by atoms with Crippen molar-refractivity contribution < 1.29 is 4.79 Å². The molecular weight excluding hydrogens is 286 g/mol. The second kappa shape index (κ2) is 5.25. The van der Waals surface area contributed by atoms with Gasteiger partial charge in [0.15, 0.2) is 0 Å². The van der Waals surface area contributed by atoms with E-state index in [1.54, 1.807) is 12.3 Å². The van der Waals surface area contributed by atoms with Crippen LogP contribution >= 0.6 is 11.3 Å². The van der Waals surface area contributed by atoms with Crippen molar-refractivity contribution in [1.82, 2.24) is 19.6 Å². The molecule has 0 saturated carbocycles. The molecule has 0 radical (unpaired) electrons. The summed E-state index contributed by atoms with van der Waals surface area (Å²) in [5, 5.41) is 11.9. The Bertz CT molecular complexity index is 820. The summed E-state index contributed by atoms with van der Waals surface area (Å²) in [6, 6.07) is 3.62. The summed E-state index contributed by atoms with van der Waals surface area (Å²) >= 11 is 1.35. The Labute approximate surface area is 125 Å². The number of imidazole rings is 1.